The Balaban J connectivity index is -0.0000000691. The predicted octanol–water partition coefficient (Wildman–Crippen LogP) is 10.9. The number of aryl methyl sites for hydroxylation is 1. The van der Waals surface area contributed by atoms with E-state index in [1.54, 1.807) is 6.92 Å². The first kappa shape index (κ1) is 46.4. The zero-order valence-electron chi connectivity index (χ0n) is 32.6. The molecule has 1 amide bonds. The van der Waals surface area contributed by atoms with Crippen LogP contribution in [0, 0.1) is 160 Å². The van der Waals surface area contributed by atoms with Crippen molar-refractivity contribution in [2.75, 3.05) is 6.61 Å². The molecule has 1 fully saturated rings. The third-order valence-corrected chi connectivity index (χ3v) is 8.14. The quantitative estimate of drug-likeness (QED) is 0.105. The van der Waals surface area contributed by atoms with Crippen molar-refractivity contribution in [2.24, 2.45) is 23.5 Å². The van der Waals surface area contributed by atoms with Crippen LogP contribution in [-0.4, -0.2) is 37.0 Å². The number of nitrogens with one attached hydrogen (secondary N) is 1. The number of ether oxygens (including phenoxy) is 2. The van der Waals surface area contributed by atoms with Crippen molar-refractivity contribution in [3.63, 3.8) is 0 Å². The van der Waals surface area contributed by atoms with Gasteiger partial charge in [0.05, 0.1) is 18.8 Å². The Kier molecular flexibility index (Phi) is 24.5. The molecule has 1 aliphatic heterocycles. The molecule has 3 N–H and O–H groups in total. The lowest BCUT2D eigenvalue weighted by atomic mass is 9.75. The van der Waals surface area contributed by atoms with Crippen LogP contribution in [0.3, 0.4) is 0 Å². The highest BCUT2D eigenvalue weighted by Gasteiger charge is 2.42. The molecule has 0 bridgehead atoms. The van der Waals surface area contributed by atoms with Crippen LogP contribution < -0.4 is 11.1 Å². The summed E-state index contributed by atoms with van der Waals surface area (Å²) in [6.07, 6.45) is 10.6. The number of hydrogen-bond acceptors (Lipinski definition) is 4. The summed E-state index contributed by atoms with van der Waals surface area (Å²) in [5, 5.41) is 2.91. The fraction of sp³-hybridized carbons (Fsp3) is 0.264. The summed E-state index contributed by atoms with van der Waals surface area (Å²) in [7, 11) is 0. The van der Waals surface area contributed by atoms with E-state index in [2.05, 4.69) is 186 Å². The molecule has 1 heterocycles. The Morgan fingerprint density at radius 3 is 1.67 bits per heavy atom. The molecule has 58 heavy (non-hydrogen) atoms. The summed E-state index contributed by atoms with van der Waals surface area (Å²) in [4.78, 5) is 12.9. The first-order chi connectivity index (χ1) is 28.5. The minimum absolute atomic E-state index is 0. The lowest BCUT2D eigenvalue weighted by Crippen LogP contribution is -2.53. The molecule has 1 aromatic carbocycles. The van der Waals surface area contributed by atoms with Gasteiger partial charge < -0.3 is 20.5 Å². The zero-order valence-corrected chi connectivity index (χ0v) is 32.6. The second kappa shape index (κ2) is 30.6. The molecule has 2 rings (SSSR count). The largest absolute Gasteiger partial charge is 0.350 e. The number of hydrogen-bond donors (Lipinski definition) is 2. The van der Waals surface area contributed by atoms with Crippen LogP contribution in [0.4, 0.5) is 0 Å². The highest BCUT2D eigenvalue weighted by atomic mass is 16.7. The highest BCUT2D eigenvalue weighted by Crippen LogP contribution is 2.39. The van der Waals surface area contributed by atoms with Crippen LogP contribution in [-0.2, 0) is 20.7 Å². The number of amides is 1. The predicted molar refractivity (Wildman–Crippen MR) is 284 cm³/mol. The maximum atomic E-state index is 12.9. The van der Waals surface area contributed by atoms with Crippen LogP contribution in [0.15, 0.2) is 81.0 Å². The van der Waals surface area contributed by atoms with Crippen LogP contribution in [0.5, 0.6) is 0 Å². The van der Waals surface area contributed by atoms with Gasteiger partial charge in [-0.05, 0) is 139 Å². The number of nitrogens with two attached hydrogens (primary N) is 1. The van der Waals surface area contributed by atoms with E-state index in [0.717, 1.165) is 19.3 Å². The molecular weight excluding hydrogens is 713 g/mol. The summed E-state index contributed by atoms with van der Waals surface area (Å²) < 4.78 is 12.7. The third-order valence-electron chi connectivity index (χ3n) is 8.14. The van der Waals surface area contributed by atoms with Crippen molar-refractivity contribution in [3.05, 3.63) is 86.5 Å². The van der Waals surface area contributed by atoms with Crippen LogP contribution in [0.2, 0.25) is 0 Å². The smallest absolute Gasteiger partial charge is 0.297 e. The summed E-state index contributed by atoms with van der Waals surface area (Å²) in [6, 6.07) is 9.31. The minimum atomic E-state index is -0.639. The maximum absolute atomic E-state index is 12.9. The van der Waals surface area contributed by atoms with E-state index in [0.29, 0.717) is 12.8 Å². The van der Waals surface area contributed by atoms with Gasteiger partial charge in [0.2, 0.25) is 0 Å². The van der Waals surface area contributed by atoms with Crippen molar-refractivity contribution in [1.82, 2.24) is 5.32 Å². The number of unbranched alkanes of at least 4 members (excludes halogenated alkanes) is 1. The van der Waals surface area contributed by atoms with Crippen LogP contribution in [0.25, 0.3) is 0 Å². The Morgan fingerprint density at radius 2 is 1.21 bits per heavy atom. The van der Waals surface area contributed by atoms with Gasteiger partial charge in [-0.1, -0.05) is 67.0 Å². The Labute approximate surface area is 382 Å². The van der Waals surface area contributed by atoms with E-state index in [-0.39, 0.29) is 64.7 Å². The van der Waals surface area contributed by atoms with Crippen molar-refractivity contribution in [2.45, 2.75) is 63.5 Å². The number of carbonyl (C=O) groups is 1. The van der Waals surface area contributed by atoms with Gasteiger partial charge in [0, 0.05) is 93.6 Å². The molecule has 0 aromatic heterocycles. The monoisotopic (exact) mass is 803 g/mol. The molecule has 1 aromatic rings. The van der Waals surface area contributed by atoms with E-state index >= 15 is 0 Å². The summed E-state index contributed by atoms with van der Waals surface area (Å²) in [6.45, 7) is 17.8. The van der Waals surface area contributed by atoms with Crippen molar-refractivity contribution < 1.29 is 48.5 Å². The fourth-order valence-corrected chi connectivity index (χ4v) is 5.46. The minimum Gasteiger partial charge on any atom is -0.350 e. The summed E-state index contributed by atoms with van der Waals surface area (Å²) >= 11 is 0. The van der Waals surface area contributed by atoms with Gasteiger partial charge in [-0.2, -0.15) is 0 Å². The summed E-state index contributed by atoms with van der Waals surface area (Å²) in [5.41, 5.74) is 7.94. The molecule has 1 aliphatic rings. The summed E-state index contributed by atoms with van der Waals surface area (Å²) in [5.74, 6) is 60.0. The lowest BCUT2D eigenvalue weighted by Gasteiger charge is -2.44. The van der Waals surface area contributed by atoms with Crippen molar-refractivity contribution >= 4 is 5.91 Å². The van der Waals surface area contributed by atoms with E-state index < -0.39 is 24.3 Å². The van der Waals surface area contributed by atoms with E-state index in [9.17, 15) is 4.79 Å². The normalized spacial score (nSPS) is 17.0. The highest BCUT2D eigenvalue weighted by molar-refractivity contribution is 5.94. The molecule has 2 unspecified atom stereocenters. The first-order valence-corrected chi connectivity index (χ1v) is 18.3. The molecule has 5 nitrogen and oxygen atoms in total. The SMILES string of the molecule is C=CCC1O[C@H](OC[C@H](NC(=O)C#CC#CC#CC#CC#CC#CC#CC#CC#CC#CC#CC#CC)[C@H](N)CCCCc2ccccc2)[C@@H](C=C)C(C=C)[C@H]1C=C.[HH].[HH].[HH].[HH].[HH].[HH].[HH].[HH].[HH].[HH].[HH].[HH].[HH].[HH].[HH].[HH].[HH].[HH].[HH].[HH].[HH].[HH].[HH].[HH]. The molecular formula is C53H90N2O3. The van der Waals surface area contributed by atoms with Gasteiger partial charge >= 0.3 is 0 Å². The van der Waals surface area contributed by atoms with Crippen LogP contribution >= 0.6 is 0 Å². The van der Waals surface area contributed by atoms with Crippen molar-refractivity contribution in [3.8, 4) is 142 Å². The Hall–Kier alpha value is -7.75. The van der Waals surface area contributed by atoms with E-state index in [1.807, 2.05) is 42.5 Å². The number of rotatable bonds is 15. The van der Waals surface area contributed by atoms with Crippen LogP contribution in [0.1, 0.15) is 72.4 Å². The Bertz CT molecular complexity index is 2490. The third kappa shape index (κ3) is 19.5. The van der Waals surface area contributed by atoms with Gasteiger partial charge in [0.15, 0.2) is 6.29 Å². The molecule has 0 spiro atoms. The molecule has 0 aliphatic carbocycles. The topological polar surface area (TPSA) is 73.6 Å². The second-order valence-electron chi connectivity index (χ2n) is 11.9. The second-order valence-corrected chi connectivity index (χ2v) is 11.9. The number of carbonyl (C=O) groups excluding carboxylic acids is 1. The lowest BCUT2D eigenvalue weighted by molar-refractivity contribution is -0.235. The zero-order chi connectivity index (χ0) is 41.9. The molecule has 5 heteroatoms. The average molecular weight is 803 g/mol. The molecule has 0 radical (unpaired) electrons. The van der Waals surface area contributed by atoms with Gasteiger partial charge in [-0.3, -0.25) is 4.79 Å². The molecule has 1 saturated heterocycles. The Morgan fingerprint density at radius 1 is 0.724 bits per heavy atom. The standard InChI is InChI=1S/C53H42N2O3.24H2/c1-6-11-12-13-14-15-16-17-18-19-20-21-22-23-24-25-26-27-28-29-30-31-35-43-52(56)55-50(49(54)42-37-36-41-45-39-33-32-34-40-45)44-57-53-48(10-5)46(8-3)47(9-4)51(58-53)38-7-2;;;;;;;;;;;;;;;;;;;;;;;;/h7-10,32-34,39-40,46-51,53H,2-5,36-38,41-42,44,54H2,1H3,(H,55,56);24*1H/t46?,47-,48+,49-,50+,51?,53+;;;;;;;;;;;;;;;;;;;;;;;;/m1......................../s1. The maximum Gasteiger partial charge on any atom is 0.297 e. The molecule has 0 saturated carbocycles. The van der Waals surface area contributed by atoms with Gasteiger partial charge in [0.1, 0.15) is 0 Å². The van der Waals surface area contributed by atoms with E-state index in [4.69, 9.17) is 15.2 Å². The van der Waals surface area contributed by atoms with Gasteiger partial charge in [0.25, 0.3) is 5.91 Å². The van der Waals surface area contributed by atoms with Gasteiger partial charge in [-0.15, -0.1) is 26.3 Å². The van der Waals surface area contributed by atoms with Crippen molar-refractivity contribution in [1.29, 1.82) is 0 Å². The fourth-order valence-electron chi connectivity index (χ4n) is 5.46. The van der Waals surface area contributed by atoms with E-state index in [1.165, 1.54) is 5.56 Å². The first-order valence-electron chi connectivity index (χ1n) is 18.3. The number of benzene rings is 1. The molecule has 330 valence electrons. The average Bonchev–Trinajstić information content (AvgIpc) is 3.24. The number of allylic oxidation sites excluding steroid dienone is 1. The van der Waals surface area contributed by atoms with Gasteiger partial charge in [-0.25, -0.2) is 0 Å². The molecule has 7 atom stereocenters.